The minimum atomic E-state index is -0.169. The van der Waals surface area contributed by atoms with Crippen molar-refractivity contribution >= 4 is 17.5 Å². The Balaban J connectivity index is 1.39. The fraction of sp³-hybridized carbons (Fsp3) is 0.548. The molecule has 0 aliphatic carbocycles. The maximum atomic E-state index is 13.4. The Morgan fingerprint density at radius 3 is 2.55 bits per heavy atom. The largest absolute Gasteiger partial charge is 0.493 e. The Bertz CT molecular complexity index is 1200. The number of benzene rings is 2. The Labute approximate surface area is 236 Å². The number of carbonyl (C=O) groups is 2. The fourth-order valence-corrected chi connectivity index (χ4v) is 5.91. The molecular formula is C31H41N3O6. The molecule has 40 heavy (non-hydrogen) atoms. The third kappa shape index (κ3) is 6.70. The average molecular weight is 552 g/mol. The van der Waals surface area contributed by atoms with E-state index >= 15 is 0 Å². The molecule has 3 aliphatic heterocycles. The van der Waals surface area contributed by atoms with Crippen LogP contribution in [-0.4, -0.2) is 63.0 Å². The summed E-state index contributed by atoms with van der Waals surface area (Å²) in [5.74, 6) is 1.64. The van der Waals surface area contributed by atoms with E-state index in [1.807, 2.05) is 35.2 Å². The topological polar surface area (TPSA) is 89.6 Å². The lowest BCUT2D eigenvalue weighted by Gasteiger charge is -2.36. The zero-order valence-electron chi connectivity index (χ0n) is 23.7. The van der Waals surface area contributed by atoms with Crippen LogP contribution in [0.5, 0.6) is 17.2 Å². The normalized spacial score (nSPS) is 18.8. The van der Waals surface area contributed by atoms with Crippen LogP contribution in [0.1, 0.15) is 73.4 Å². The molecule has 1 N–H and O–H groups in total. The summed E-state index contributed by atoms with van der Waals surface area (Å²) in [4.78, 5) is 30.6. The highest BCUT2D eigenvalue weighted by atomic mass is 16.7. The summed E-state index contributed by atoms with van der Waals surface area (Å²) < 4.78 is 22.1. The zero-order chi connectivity index (χ0) is 27.9. The van der Waals surface area contributed by atoms with Crippen molar-refractivity contribution in [1.82, 2.24) is 10.2 Å². The number of hydrogen-bond donors (Lipinski definition) is 1. The van der Waals surface area contributed by atoms with E-state index in [1.54, 1.807) is 14.0 Å². The van der Waals surface area contributed by atoms with Crippen molar-refractivity contribution in [2.24, 2.45) is 0 Å². The van der Waals surface area contributed by atoms with Gasteiger partial charge >= 0.3 is 0 Å². The summed E-state index contributed by atoms with van der Waals surface area (Å²) in [5, 5.41) is 3.04. The van der Waals surface area contributed by atoms with Crippen molar-refractivity contribution in [3.05, 3.63) is 47.0 Å². The molecule has 0 radical (unpaired) electrons. The van der Waals surface area contributed by atoms with Crippen molar-refractivity contribution in [2.75, 3.05) is 45.1 Å². The van der Waals surface area contributed by atoms with E-state index in [0.717, 1.165) is 68.7 Å². The third-order valence-electron chi connectivity index (χ3n) is 8.09. The average Bonchev–Trinajstić information content (AvgIpc) is 3.45. The van der Waals surface area contributed by atoms with Crippen LogP contribution in [-0.2, 0) is 22.6 Å². The lowest BCUT2D eigenvalue weighted by molar-refractivity contribution is -0.116. The zero-order valence-corrected chi connectivity index (χ0v) is 23.7. The molecule has 0 unspecified atom stereocenters. The first kappa shape index (κ1) is 28.2. The summed E-state index contributed by atoms with van der Waals surface area (Å²) in [6.45, 7) is 6.05. The number of amides is 2. The molecule has 3 aliphatic rings. The van der Waals surface area contributed by atoms with E-state index in [9.17, 15) is 9.59 Å². The second-order valence-corrected chi connectivity index (χ2v) is 10.8. The summed E-state index contributed by atoms with van der Waals surface area (Å²) in [6.07, 6.45) is 7.64. The number of carbonyl (C=O) groups excluding carboxylic acids is 2. The highest BCUT2D eigenvalue weighted by Gasteiger charge is 2.25. The summed E-state index contributed by atoms with van der Waals surface area (Å²) in [5.41, 5.74) is 3.35. The SMILES string of the molecule is COc1cc(CNC(=O)c2ccc3c(c2)CN(C2CCOCC2)CCCCCCCN3C(C)=O)cc2c1OCO2. The van der Waals surface area contributed by atoms with Gasteiger partial charge in [0.1, 0.15) is 0 Å². The second kappa shape index (κ2) is 13.4. The molecular weight excluding hydrogens is 510 g/mol. The monoisotopic (exact) mass is 551 g/mol. The Morgan fingerprint density at radius 2 is 1.77 bits per heavy atom. The second-order valence-electron chi connectivity index (χ2n) is 10.8. The molecule has 9 nitrogen and oxygen atoms in total. The van der Waals surface area contributed by atoms with Gasteiger partial charge in [-0.1, -0.05) is 19.3 Å². The van der Waals surface area contributed by atoms with E-state index in [1.165, 1.54) is 12.8 Å². The highest BCUT2D eigenvalue weighted by molar-refractivity contribution is 5.97. The van der Waals surface area contributed by atoms with E-state index in [4.69, 9.17) is 18.9 Å². The molecule has 9 heteroatoms. The Morgan fingerprint density at radius 1 is 1.00 bits per heavy atom. The van der Waals surface area contributed by atoms with Gasteiger partial charge < -0.3 is 29.2 Å². The number of ether oxygens (including phenoxy) is 4. The molecule has 0 saturated carbocycles. The van der Waals surface area contributed by atoms with Gasteiger partial charge in [-0.25, -0.2) is 0 Å². The molecule has 5 rings (SSSR count). The van der Waals surface area contributed by atoms with Crippen LogP contribution in [0.2, 0.25) is 0 Å². The van der Waals surface area contributed by atoms with Crippen molar-refractivity contribution < 1.29 is 28.5 Å². The van der Waals surface area contributed by atoms with Gasteiger partial charge in [0.05, 0.1) is 7.11 Å². The van der Waals surface area contributed by atoms with Gasteiger partial charge in [0.15, 0.2) is 11.5 Å². The number of nitrogens with zero attached hydrogens (tertiary/aromatic N) is 2. The van der Waals surface area contributed by atoms with E-state index in [-0.39, 0.29) is 18.6 Å². The lowest BCUT2D eigenvalue weighted by Crippen LogP contribution is -2.40. The van der Waals surface area contributed by atoms with Crippen LogP contribution in [0.4, 0.5) is 5.69 Å². The Kier molecular flexibility index (Phi) is 9.44. The van der Waals surface area contributed by atoms with Crippen LogP contribution in [0.15, 0.2) is 30.3 Å². The van der Waals surface area contributed by atoms with Gasteiger partial charge in [-0.3, -0.25) is 14.5 Å². The molecule has 3 heterocycles. The van der Waals surface area contributed by atoms with Crippen LogP contribution in [0.3, 0.4) is 0 Å². The molecule has 216 valence electrons. The summed E-state index contributed by atoms with van der Waals surface area (Å²) in [6, 6.07) is 9.90. The Hall–Kier alpha value is -3.30. The number of nitrogens with one attached hydrogen (secondary N) is 1. The lowest BCUT2D eigenvalue weighted by atomic mass is 10.0. The van der Waals surface area contributed by atoms with Gasteiger partial charge in [-0.15, -0.1) is 0 Å². The molecule has 0 aromatic heterocycles. The van der Waals surface area contributed by atoms with Gasteiger partial charge in [-0.05, 0) is 73.7 Å². The van der Waals surface area contributed by atoms with Crippen molar-refractivity contribution in [2.45, 2.75) is 71.0 Å². The van der Waals surface area contributed by atoms with Crippen LogP contribution < -0.4 is 24.4 Å². The summed E-state index contributed by atoms with van der Waals surface area (Å²) >= 11 is 0. The molecule has 2 aromatic rings. The van der Waals surface area contributed by atoms with Crippen LogP contribution >= 0.6 is 0 Å². The summed E-state index contributed by atoms with van der Waals surface area (Å²) in [7, 11) is 1.58. The minimum absolute atomic E-state index is 0.0323. The maximum absolute atomic E-state index is 13.4. The predicted molar refractivity (Wildman–Crippen MR) is 152 cm³/mol. The molecule has 0 bridgehead atoms. The van der Waals surface area contributed by atoms with E-state index < -0.39 is 0 Å². The number of methoxy groups -OCH3 is 1. The molecule has 0 atom stereocenters. The molecule has 1 fully saturated rings. The number of rotatable bonds is 5. The maximum Gasteiger partial charge on any atom is 0.251 e. The highest BCUT2D eigenvalue weighted by Crippen LogP contribution is 2.41. The van der Waals surface area contributed by atoms with Gasteiger partial charge in [-0.2, -0.15) is 0 Å². The number of anilines is 1. The third-order valence-corrected chi connectivity index (χ3v) is 8.09. The minimum Gasteiger partial charge on any atom is -0.493 e. The first-order valence-corrected chi connectivity index (χ1v) is 14.5. The molecule has 0 spiro atoms. The standard InChI is InChI=1S/C31H41N3O6/c1-22(35)34-13-7-5-3-4-6-12-33(26-10-14-38-15-11-26)20-25-18-24(8-9-27(25)34)31(36)32-19-23-16-28(37-2)30-29(17-23)39-21-40-30/h8-9,16-18,26H,3-7,10-15,19-21H2,1-2H3,(H,32,36). The van der Waals surface area contributed by atoms with Gasteiger partial charge in [0.2, 0.25) is 18.4 Å². The first-order chi connectivity index (χ1) is 19.5. The van der Waals surface area contributed by atoms with Crippen molar-refractivity contribution in [3.63, 3.8) is 0 Å². The molecule has 2 amide bonds. The predicted octanol–water partition coefficient (Wildman–Crippen LogP) is 4.65. The first-order valence-electron chi connectivity index (χ1n) is 14.5. The number of fused-ring (bicyclic) bond motifs is 2. The van der Waals surface area contributed by atoms with Crippen molar-refractivity contribution in [1.29, 1.82) is 0 Å². The van der Waals surface area contributed by atoms with Crippen LogP contribution in [0, 0.1) is 0 Å². The molecule has 1 saturated heterocycles. The van der Waals surface area contributed by atoms with Gasteiger partial charge in [0.25, 0.3) is 5.91 Å². The fourth-order valence-electron chi connectivity index (χ4n) is 5.91. The quantitative estimate of drug-likeness (QED) is 0.579. The van der Waals surface area contributed by atoms with Crippen molar-refractivity contribution in [3.8, 4) is 17.2 Å². The van der Waals surface area contributed by atoms with Crippen LogP contribution in [0.25, 0.3) is 0 Å². The van der Waals surface area contributed by atoms with E-state index in [0.29, 0.717) is 48.5 Å². The number of hydrogen-bond acceptors (Lipinski definition) is 7. The van der Waals surface area contributed by atoms with E-state index in [2.05, 4.69) is 10.2 Å². The smallest absolute Gasteiger partial charge is 0.251 e. The molecule has 2 aromatic carbocycles. The van der Waals surface area contributed by atoms with Gasteiger partial charge in [0, 0.05) is 57.1 Å².